The predicted octanol–water partition coefficient (Wildman–Crippen LogP) is 7.88. The van der Waals surface area contributed by atoms with Crippen LogP contribution in [0.4, 0.5) is 0 Å². The first-order valence-electron chi connectivity index (χ1n) is 11.9. The molecule has 0 spiro atoms. The van der Waals surface area contributed by atoms with Gasteiger partial charge in [-0.25, -0.2) is 0 Å². The van der Waals surface area contributed by atoms with Crippen LogP contribution in [0, 0.1) is 11.8 Å². The molecule has 25 heavy (non-hydrogen) atoms. The average Bonchev–Trinajstić information content (AvgIpc) is 2.62. The zero-order valence-corrected chi connectivity index (χ0v) is 18.1. The monoisotopic (exact) mass is 351 g/mol. The van der Waals surface area contributed by atoms with Crippen LogP contribution in [0.1, 0.15) is 130 Å². The summed E-state index contributed by atoms with van der Waals surface area (Å²) in [4.78, 5) is 0. The highest BCUT2D eigenvalue weighted by molar-refractivity contribution is 4.84. The van der Waals surface area contributed by atoms with Crippen molar-refractivity contribution < 1.29 is 0 Å². The van der Waals surface area contributed by atoms with E-state index in [2.05, 4.69) is 33.0 Å². The van der Waals surface area contributed by atoms with E-state index in [1.165, 1.54) is 103 Å². The predicted molar refractivity (Wildman–Crippen MR) is 114 cm³/mol. The largest absolute Gasteiger partial charge is 0.311 e. The van der Waals surface area contributed by atoms with E-state index in [1.54, 1.807) is 0 Å². The number of hydrogen-bond donors (Lipinski definition) is 1. The zero-order chi connectivity index (χ0) is 18.3. The van der Waals surface area contributed by atoms with E-state index in [4.69, 9.17) is 0 Å². The van der Waals surface area contributed by atoms with Gasteiger partial charge in [0.25, 0.3) is 0 Å². The molecule has 150 valence electrons. The molecule has 1 rings (SSSR count). The maximum atomic E-state index is 3.97. The van der Waals surface area contributed by atoms with Crippen molar-refractivity contribution in [3.05, 3.63) is 0 Å². The van der Waals surface area contributed by atoms with Crippen LogP contribution in [0.3, 0.4) is 0 Å². The van der Waals surface area contributed by atoms with Crippen molar-refractivity contribution in [2.75, 3.05) is 0 Å². The second kappa shape index (κ2) is 15.1. The minimum absolute atomic E-state index is 0.698. The summed E-state index contributed by atoms with van der Waals surface area (Å²) >= 11 is 0. The van der Waals surface area contributed by atoms with Crippen molar-refractivity contribution >= 4 is 0 Å². The van der Waals surface area contributed by atoms with Crippen LogP contribution < -0.4 is 5.32 Å². The van der Waals surface area contributed by atoms with Crippen LogP contribution >= 0.6 is 0 Å². The van der Waals surface area contributed by atoms with Gasteiger partial charge in [0, 0.05) is 12.1 Å². The first-order valence-corrected chi connectivity index (χ1v) is 11.9. The summed E-state index contributed by atoms with van der Waals surface area (Å²) in [6.07, 6.45) is 23.0. The van der Waals surface area contributed by atoms with Crippen LogP contribution in [0.25, 0.3) is 0 Å². The lowest BCUT2D eigenvalue weighted by molar-refractivity contribution is 0.167. The molecule has 1 aliphatic rings. The van der Waals surface area contributed by atoms with E-state index in [1.807, 2.05) is 0 Å². The molecule has 1 heteroatoms. The Balaban J connectivity index is 2.14. The molecule has 0 bridgehead atoms. The van der Waals surface area contributed by atoms with Gasteiger partial charge in [0.05, 0.1) is 0 Å². The van der Waals surface area contributed by atoms with E-state index in [0.29, 0.717) is 12.1 Å². The molecule has 1 N–H and O–H groups in total. The molecule has 0 radical (unpaired) electrons. The summed E-state index contributed by atoms with van der Waals surface area (Å²) in [7, 11) is 0. The van der Waals surface area contributed by atoms with Crippen molar-refractivity contribution in [3.8, 4) is 0 Å². The highest BCUT2D eigenvalue weighted by atomic mass is 14.9. The van der Waals surface area contributed by atoms with Crippen molar-refractivity contribution in [3.63, 3.8) is 0 Å². The van der Waals surface area contributed by atoms with Crippen LogP contribution in [0.5, 0.6) is 0 Å². The van der Waals surface area contributed by atoms with Gasteiger partial charge in [-0.3, -0.25) is 0 Å². The number of hydrogen-bond acceptors (Lipinski definition) is 1. The summed E-state index contributed by atoms with van der Waals surface area (Å²) in [5, 5.41) is 3.97. The molecule has 0 aromatic rings. The Hall–Kier alpha value is -0.0400. The third-order valence-electron chi connectivity index (χ3n) is 6.58. The van der Waals surface area contributed by atoms with Gasteiger partial charge in [0.15, 0.2) is 0 Å². The smallest absolute Gasteiger partial charge is 0.00721 e. The van der Waals surface area contributed by atoms with Crippen molar-refractivity contribution in [2.45, 2.75) is 143 Å². The average molecular weight is 352 g/mol. The quantitative estimate of drug-likeness (QED) is 0.296. The topological polar surface area (TPSA) is 12.0 Å². The van der Waals surface area contributed by atoms with E-state index in [0.717, 1.165) is 11.8 Å². The summed E-state index contributed by atoms with van der Waals surface area (Å²) in [5.41, 5.74) is 0. The Bertz CT molecular complexity index is 288. The Morgan fingerprint density at radius 2 is 1.36 bits per heavy atom. The normalized spacial score (nSPS) is 23.5. The van der Waals surface area contributed by atoms with Gasteiger partial charge < -0.3 is 5.32 Å². The molecule has 0 amide bonds. The van der Waals surface area contributed by atoms with Crippen molar-refractivity contribution in [1.82, 2.24) is 5.32 Å². The Morgan fingerprint density at radius 1 is 0.760 bits per heavy atom. The second-order valence-electron chi connectivity index (χ2n) is 8.97. The minimum Gasteiger partial charge on any atom is -0.311 e. The molecule has 4 unspecified atom stereocenters. The minimum atomic E-state index is 0.698. The van der Waals surface area contributed by atoms with Gasteiger partial charge in [-0.2, -0.15) is 0 Å². The van der Waals surface area contributed by atoms with Crippen LogP contribution in [-0.4, -0.2) is 12.1 Å². The maximum absolute atomic E-state index is 3.97. The fraction of sp³-hybridized carbons (Fsp3) is 1.00. The van der Waals surface area contributed by atoms with Gasteiger partial charge in [-0.15, -0.1) is 0 Å². The number of unbranched alkanes of at least 4 members (excludes halogenated alkanes) is 8. The molecule has 1 saturated carbocycles. The van der Waals surface area contributed by atoms with Crippen molar-refractivity contribution in [1.29, 1.82) is 0 Å². The Morgan fingerprint density at radius 3 is 2.04 bits per heavy atom. The van der Waals surface area contributed by atoms with E-state index in [-0.39, 0.29) is 0 Å². The zero-order valence-electron chi connectivity index (χ0n) is 18.1. The summed E-state index contributed by atoms with van der Waals surface area (Å²) in [6, 6.07) is 1.41. The Kier molecular flexibility index (Phi) is 13.9. The number of rotatable bonds is 15. The molecular formula is C24H49N. The molecule has 1 nitrogen and oxygen atoms in total. The van der Waals surface area contributed by atoms with E-state index in [9.17, 15) is 0 Å². The molecular weight excluding hydrogens is 302 g/mol. The van der Waals surface area contributed by atoms with Gasteiger partial charge in [-0.1, -0.05) is 104 Å². The van der Waals surface area contributed by atoms with Gasteiger partial charge in [-0.05, 0) is 38.5 Å². The van der Waals surface area contributed by atoms with Gasteiger partial charge in [0.2, 0.25) is 0 Å². The first kappa shape index (κ1) is 23.0. The molecule has 0 saturated heterocycles. The molecule has 1 aliphatic carbocycles. The van der Waals surface area contributed by atoms with Crippen LogP contribution in [-0.2, 0) is 0 Å². The van der Waals surface area contributed by atoms with E-state index >= 15 is 0 Å². The SMILES string of the molecule is CCCCCCCCCCC(C)NC(C)C1CCCCC1CCCC. The fourth-order valence-corrected chi connectivity index (χ4v) is 4.96. The van der Waals surface area contributed by atoms with Gasteiger partial charge >= 0.3 is 0 Å². The van der Waals surface area contributed by atoms with E-state index < -0.39 is 0 Å². The second-order valence-corrected chi connectivity index (χ2v) is 8.97. The van der Waals surface area contributed by atoms with Crippen LogP contribution in [0.15, 0.2) is 0 Å². The lowest BCUT2D eigenvalue weighted by Crippen LogP contribution is -2.43. The third kappa shape index (κ3) is 10.6. The lowest BCUT2D eigenvalue weighted by Gasteiger charge is -2.37. The van der Waals surface area contributed by atoms with Crippen molar-refractivity contribution in [2.24, 2.45) is 11.8 Å². The molecule has 0 aliphatic heterocycles. The Labute approximate surface area is 160 Å². The first-order chi connectivity index (χ1) is 12.2. The van der Waals surface area contributed by atoms with Crippen LogP contribution in [0.2, 0.25) is 0 Å². The summed E-state index contributed by atoms with van der Waals surface area (Å²) in [5.74, 6) is 1.92. The highest BCUT2D eigenvalue weighted by Gasteiger charge is 2.29. The summed E-state index contributed by atoms with van der Waals surface area (Å²) in [6.45, 7) is 9.53. The molecule has 1 fully saturated rings. The molecule has 4 atom stereocenters. The summed E-state index contributed by atoms with van der Waals surface area (Å²) < 4.78 is 0. The molecule has 0 aromatic carbocycles. The lowest BCUT2D eigenvalue weighted by atomic mass is 9.73. The molecule has 0 heterocycles. The van der Waals surface area contributed by atoms with Gasteiger partial charge in [0.1, 0.15) is 0 Å². The number of nitrogens with one attached hydrogen (secondary N) is 1. The fourth-order valence-electron chi connectivity index (χ4n) is 4.96. The molecule has 0 aromatic heterocycles. The highest BCUT2D eigenvalue weighted by Crippen LogP contribution is 2.35. The third-order valence-corrected chi connectivity index (χ3v) is 6.58. The standard InChI is InChI=1S/C24H49N/c1-5-7-9-10-11-12-13-14-17-21(3)25-22(4)24-20-16-15-19-23(24)18-8-6-2/h21-25H,5-20H2,1-4H3. The maximum Gasteiger partial charge on any atom is 0.00721 e.